The highest BCUT2D eigenvalue weighted by Gasteiger charge is 2.07. The van der Waals surface area contributed by atoms with Gasteiger partial charge in [0.2, 0.25) is 0 Å². The van der Waals surface area contributed by atoms with E-state index in [0.717, 1.165) is 51.1 Å². The zero-order chi connectivity index (χ0) is 14.8. The van der Waals surface area contributed by atoms with Gasteiger partial charge in [-0.2, -0.15) is 5.10 Å². The number of hydrogen-bond acceptors (Lipinski definition) is 4. The molecule has 0 fully saturated rings. The van der Waals surface area contributed by atoms with Gasteiger partial charge in [-0.25, -0.2) is 0 Å². The van der Waals surface area contributed by atoms with Crippen molar-refractivity contribution in [1.82, 2.24) is 19.7 Å². The first-order valence-electron chi connectivity index (χ1n) is 7.59. The van der Waals surface area contributed by atoms with Crippen molar-refractivity contribution in [3.8, 4) is 0 Å². The largest absolute Gasteiger partial charge is 0.396 e. The Morgan fingerprint density at radius 2 is 1.95 bits per heavy atom. The summed E-state index contributed by atoms with van der Waals surface area (Å²) in [6.07, 6.45) is 9.90. The summed E-state index contributed by atoms with van der Waals surface area (Å²) in [4.78, 5) is 6.76. The van der Waals surface area contributed by atoms with Gasteiger partial charge in [0, 0.05) is 38.3 Å². The quantitative estimate of drug-likeness (QED) is 0.682. The van der Waals surface area contributed by atoms with Crippen LogP contribution in [0.15, 0.2) is 42.9 Å². The molecule has 5 nitrogen and oxygen atoms in total. The van der Waals surface area contributed by atoms with Gasteiger partial charge >= 0.3 is 0 Å². The molecule has 2 aromatic rings. The van der Waals surface area contributed by atoms with Crippen LogP contribution in [0.3, 0.4) is 0 Å². The second kappa shape index (κ2) is 9.26. The lowest BCUT2D eigenvalue weighted by Crippen LogP contribution is -2.28. The van der Waals surface area contributed by atoms with E-state index in [1.165, 1.54) is 0 Å². The molecule has 5 heteroatoms. The van der Waals surface area contributed by atoms with Crippen LogP contribution < -0.4 is 0 Å². The molecular weight excluding hydrogens is 264 g/mol. The third kappa shape index (κ3) is 6.06. The van der Waals surface area contributed by atoms with Crippen LogP contribution in [0.25, 0.3) is 0 Å². The third-order valence-corrected chi connectivity index (χ3v) is 3.40. The van der Waals surface area contributed by atoms with Gasteiger partial charge in [0.25, 0.3) is 0 Å². The molecule has 2 heterocycles. The number of unbranched alkanes of at least 4 members (excludes halogenated alkanes) is 3. The standard InChI is InChI=1S/C16H24N4O/c21-13-6-2-1-5-11-19(15-20-12-7-10-18-20)14-16-8-3-4-9-17-16/h3-4,7-10,12,21H,1-2,5-6,11,13-15H2. The average Bonchev–Trinajstić information content (AvgIpc) is 3.01. The zero-order valence-corrected chi connectivity index (χ0v) is 12.4. The van der Waals surface area contributed by atoms with Gasteiger partial charge in [-0.05, 0) is 31.0 Å². The van der Waals surface area contributed by atoms with Crippen molar-refractivity contribution in [2.75, 3.05) is 13.2 Å². The Morgan fingerprint density at radius 1 is 1.05 bits per heavy atom. The zero-order valence-electron chi connectivity index (χ0n) is 12.4. The van der Waals surface area contributed by atoms with Gasteiger partial charge < -0.3 is 5.11 Å². The highest BCUT2D eigenvalue weighted by atomic mass is 16.2. The van der Waals surface area contributed by atoms with E-state index in [1.54, 1.807) is 6.20 Å². The van der Waals surface area contributed by atoms with E-state index in [4.69, 9.17) is 5.11 Å². The molecule has 0 amide bonds. The van der Waals surface area contributed by atoms with E-state index in [2.05, 4.69) is 21.0 Å². The Kier molecular flexibility index (Phi) is 6.91. The van der Waals surface area contributed by atoms with Crippen LogP contribution in [0.2, 0.25) is 0 Å². The molecule has 0 aromatic carbocycles. The third-order valence-electron chi connectivity index (χ3n) is 3.40. The molecule has 0 aliphatic heterocycles. The highest BCUT2D eigenvalue weighted by molar-refractivity contribution is 5.03. The summed E-state index contributed by atoms with van der Waals surface area (Å²) in [6, 6.07) is 7.97. The fourth-order valence-electron chi connectivity index (χ4n) is 2.31. The number of aromatic nitrogens is 3. The summed E-state index contributed by atoms with van der Waals surface area (Å²) in [5.74, 6) is 0. The molecule has 0 saturated carbocycles. The van der Waals surface area contributed by atoms with Gasteiger partial charge in [-0.3, -0.25) is 14.6 Å². The van der Waals surface area contributed by atoms with Crippen LogP contribution in [0.5, 0.6) is 0 Å². The van der Waals surface area contributed by atoms with E-state index in [-0.39, 0.29) is 0 Å². The second-order valence-electron chi connectivity index (χ2n) is 5.20. The van der Waals surface area contributed by atoms with E-state index in [9.17, 15) is 0 Å². The maximum absolute atomic E-state index is 8.81. The Balaban J connectivity index is 1.84. The molecule has 0 saturated heterocycles. The van der Waals surface area contributed by atoms with Gasteiger partial charge in [-0.1, -0.05) is 18.9 Å². The Morgan fingerprint density at radius 3 is 2.67 bits per heavy atom. The summed E-state index contributed by atoms with van der Waals surface area (Å²) in [5.41, 5.74) is 1.08. The van der Waals surface area contributed by atoms with Crippen LogP contribution in [0.4, 0.5) is 0 Å². The Hall–Kier alpha value is -1.72. The molecule has 0 aliphatic rings. The smallest absolute Gasteiger partial charge is 0.0932 e. The predicted octanol–water partition coefficient (Wildman–Crippen LogP) is 2.29. The monoisotopic (exact) mass is 288 g/mol. The summed E-state index contributed by atoms with van der Waals surface area (Å²) >= 11 is 0. The number of hydrogen-bond donors (Lipinski definition) is 1. The van der Waals surface area contributed by atoms with Gasteiger partial charge in [0.1, 0.15) is 0 Å². The number of rotatable bonds is 10. The molecule has 21 heavy (non-hydrogen) atoms. The van der Waals surface area contributed by atoms with Crippen molar-refractivity contribution < 1.29 is 5.11 Å². The molecule has 0 unspecified atom stereocenters. The molecular formula is C16H24N4O. The average molecular weight is 288 g/mol. The van der Waals surface area contributed by atoms with Crippen LogP contribution in [0, 0.1) is 0 Å². The second-order valence-corrected chi connectivity index (χ2v) is 5.20. The van der Waals surface area contributed by atoms with Gasteiger partial charge in [0.05, 0.1) is 12.4 Å². The van der Waals surface area contributed by atoms with E-state index < -0.39 is 0 Å². The lowest BCUT2D eigenvalue weighted by molar-refractivity contribution is 0.191. The number of nitrogens with zero attached hydrogens (tertiary/aromatic N) is 4. The summed E-state index contributed by atoms with van der Waals surface area (Å²) in [6.45, 7) is 2.93. The fourth-order valence-corrected chi connectivity index (χ4v) is 2.31. The van der Waals surface area contributed by atoms with Crippen molar-refractivity contribution in [3.05, 3.63) is 48.5 Å². The number of pyridine rings is 1. The van der Waals surface area contributed by atoms with E-state index >= 15 is 0 Å². The maximum atomic E-state index is 8.81. The lowest BCUT2D eigenvalue weighted by atomic mass is 10.2. The van der Waals surface area contributed by atoms with Gasteiger partial charge in [0.15, 0.2) is 0 Å². The van der Waals surface area contributed by atoms with Crippen molar-refractivity contribution in [1.29, 1.82) is 0 Å². The SMILES string of the molecule is OCCCCCCN(Cc1ccccn1)Cn1cccn1. The molecule has 0 spiro atoms. The minimum Gasteiger partial charge on any atom is -0.396 e. The minimum atomic E-state index is 0.297. The first-order chi connectivity index (χ1) is 10.4. The Bertz CT molecular complexity index is 472. The molecule has 0 bridgehead atoms. The van der Waals surface area contributed by atoms with Crippen molar-refractivity contribution in [3.63, 3.8) is 0 Å². The molecule has 0 aliphatic carbocycles. The highest BCUT2D eigenvalue weighted by Crippen LogP contribution is 2.07. The van der Waals surface area contributed by atoms with Crippen LogP contribution in [0.1, 0.15) is 31.4 Å². The molecule has 2 aromatic heterocycles. The molecule has 114 valence electrons. The predicted molar refractivity (Wildman–Crippen MR) is 82.4 cm³/mol. The van der Waals surface area contributed by atoms with Crippen LogP contribution in [-0.4, -0.2) is 37.9 Å². The Labute approximate surface area is 126 Å². The molecule has 1 N–H and O–H groups in total. The van der Waals surface area contributed by atoms with Gasteiger partial charge in [-0.15, -0.1) is 0 Å². The fraction of sp³-hybridized carbons (Fsp3) is 0.500. The van der Waals surface area contributed by atoms with E-state index in [0.29, 0.717) is 6.61 Å². The lowest BCUT2D eigenvalue weighted by Gasteiger charge is -2.21. The van der Waals surface area contributed by atoms with Crippen molar-refractivity contribution in [2.24, 2.45) is 0 Å². The normalized spacial score (nSPS) is 11.1. The van der Waals surface area contributed by atoms with Crippen molar-refractivity contribution in [2.45, 2.75) is 38.9 Å². The maximum Gasteiger partial charge on any atom is 0.0932 e. The first-order valence-corrected chi connectivity index (χ1v) is 7.59. The first kappa shape index (κ1) is 15.7. The van der Waals surface area contributed by atoms with Crippen molar-refractivity contribution >= 4 is 0 Å². The molecule has 0 radical (unpaired) electrons. The summed E-state index contributed by atoms with van der Waals surface area (Å²) < 4.78 is 1.94. The van der Waals surface area contributed by atoms with Crippen LogP contribution >= 0.6 is 0 Å². The molecule has 0 atom stereocenters. The molecule has 2 rings (SSSR count). The summed E-state index contributed by atoms with van der Waals surface area (Å²) in [7, 11) is 0. The number of aliphatic hydroxyl groups is 1. The minimum absolute atomic E-state index is 0.297. The summed E-state index contributed by atoms with van der Waals surface area (Å²) in [5, 5.41) is 13.1. The number of aliphatic hydroxyl groups excluding tert-OH is 1. The topological polar surface area (TPSA) is 54.2 Å². The van der Waals surface area contributed by atoms with E-state index in [1.807, 2.05) is 35.3 Å². The van der Waals surface area contributed by atoms with Crippen LogP contribution in [-0.2, 0) is 13.2 Å².